The lowest BCUT2D eigenvalue weighted by atomic mass is 10.3. The second-order valence-corrected chi connectivity index (χ2v) is 3.31. The molecule has 1 aromatic carbocycles. The van der Waals surface area contributed by atoms with Crippen LogP contribution in [0.4, 0.5) is 0 Å². The number of rotatable bonds is 0. The average Bonchev–Trinajstić information content (AvgIpc) is 2.36. The summed E-state index contributed by atoms with van der Waals surface area (Å²) in [5.74, 6) is 0. The van der Waals surface area contributed by atoms with Crippen LogP contribution < -0.4 is 9.46 Å². The van der Waals surface area contributed by atoms with E-state index in [0.29, 0.717) is 20.5 Å². The molecule has 0 unspecified atom stereocenters. The van der Waals surface area contributed by atoms with E-state index in [1.54, 1.807) is 24.3 Å². The molecule has 6 heteroatoms. The average molecular weight is 214 g/mol. The maximum absolute atomic E-state index is 11.9. The van der Waals surface area contributed by atoms with Crippen LogP contribution in [0.3, 0.4) is 0 Å². The van der Waals surface area contributed by atoms with Gasteiger partial charge in [0.05, 0.1) is 0 Å². The zero-order chi connectivity index (χ0) is 11.1. The van der Waals surface area contributed by atoms with E-state index in [0.717, 1.165) is 0 Å². The molecule has 0 aliphatic carbocycles. The van der Waals surface area contributed by atoms with Gasteiger partial charge in [0.2, 0.25) is 11.8 Å². The summed E-state index contributed by atoms with van der Waals surface area (Å²) < 4.78 is 1.31. The van der Waals surface area contributed by atoms with Gasteiger partial charge >= 0.3 is 11.2 Å². The molecular formula is C10H6N4O2. The minimum absolute atomic E-state index is 0.0729. The van der Waals surface area contributed by atoms with Gasteiger partial charge in [0.1, 0.15) is 6.20 Å². The van der Waals surface area contributed by atoms with Crippen molar-refractivity contribution in [3.05, 3.63) is 47.2 Å². The molecule has 16 heavy (non-hydrogen) atoms. The van der Waals surface area contributed by atoms with Crippen LogP contribution in [0.25, 0.3) is 22.2 Å². The first-order valence-electron chi connectivity index (χ1n) is 4.62. The number of aromatic nitrogens is 4. The molecule has 0 N–H and O–H groups in total. The molecule has 0 saturated heterocycles. The van der Waals surface area contributed by atoms with Gasteiger partial charge in [-0.2, -0.15) is 4.73 Å². The lowest BCUT2D eigenvalue weighted by Crippen LogP contribution is -2.40. The normalized spacial score (nSPS) is 11.0. The van der Waals surface area contributed by atoms with Gasteiger partial charge in [-0.15, -0.1) is 0 Å². The maximum Gasteiger partial charge on any atom is 0.404 e. The molecular weight excluding hydrogens is 208 g/mol. The molecule has 2 heterocycles. The SMILES string of the molecule is [O-][n+]1c2ccccc2[n+]([O-])c2ncncc21. The Bertz CT molecular complexity index is 582. The Kier molecular flexibility index (Phi) is 1.64. The van der Waals surface area contributed by atoms with E-state index in [-0.39, 0.29) is 11.2 Å². The number of hydrogen-bond donors (Lipinski definition) is 0. The van der Waals surface area contributed by atoms with Crippen molar-refractivity contribution >= 4 is 22.2 Å². The van der Waals surface area contributed by atoms with Crippen molar-refractivity contribution in [3.8, 4) is 0 Å². The summed E-state index contributed by atoms with van der Waals surface area (Å²) in [6.07, 6.45) is 2.57. The summed E-state index contributed by atoms with van der Waals surface area (Å²) in [6.45, 7) is 0. The largest absolute Gasteiger partial charge is 0.710 e. The Labute approximate surface area is 89.6 Å². The lowest BCUT2D eigenvalue weighted by molar-refractivity contribution is -0.592. The zero-order valence-electron chi connectivity index (χ0n) is 8.07. The zero-order valence-corrected chi connectivity index (χ0v) is 8.07. The highest BCUT2D eigenvalue weighted by molar-refractivity contribution is 5.73. The Balaban J connectivity index is 2.67. The molecule has 0 spiro atoms. The van der Waals surface area contributed by atoms with Crippen LogP contribution in [0.1, 0.15) is 0 Å². The molecule has 2 aromatic heterocycles. The van der Waals surface area contributed by atoms with Crippen LogP contribution in [0.15, 0.2) is 36.8 Å². The molecule has 0 amide bonds. The third-order valence-corrected chi connectivity index (χ3v) is 2.40. The molecule has 0 radical (unpaired) electrons. The van der Waals surface area contributed by atoms with Gasteiger partial charge in [-0.05, 0) is 11.1 Å². The topological polar surface area (TPSA) is 79.7 Å². The molecule has 0 aliphatic heterocycles. The van der Waals surface area contributed by atoms with Crippen molar-refractivity contribution in [1.29, 1.82) is 0 Å². The summed E-state index contributed by atoms with van der Waals surface area (Å²) in [5.41, 5.74) is 0.836. The number of para-hydroxylation sites is 2. The van der Waals surface area contributed by atoms with Gasteiger partial charge in [0.15, 0.2) is 0 Å². The van der Waals surface area contributed by atoms with Crippen molar-refractivity contribution in [2.75, 3.05) is 0 Å². The summed E-state index contributed by atoms with van der Waals surface area (Å²) in [7, 11) is 0. The van der Waals surface area contributed by atoms with E-state index in [9.17, 15) is 10.4 Å². The van der Waals surface area contributed by atoms with Crippen molar-refractivity contribution in [3.63, 3.8) is 0 Å². The van der Waals surface area contributed by atoms with Gasteiger partial charge in [-0.25, -0.2) is 9.71 Å². The first kappa shape index (κ1) is 8.78. The number of benzene rings is 1. The van der Waals surface area contributed by atoms with Gasteiger partial charge in [0.25, 0.3) is 5.52 Å². The predicted molar refractivity (Wildman–Crippen MR) is 55.0 cm³/mol. The number of hydrogen-bond acceptors (Lipinski definition) is 4. The van der Waals surface area contributed by atoms with E-state index in [1.807, 2.05) is 0 Å². The Morgan fingerprint density at radius 3 is 2.38 bits per heavy atom. The minimum Gasteiger partial charge on any atom is -0.710 e. The summed E-state index contributed by atoms with van der Waals surface area (Å²) in [4.78, 5) is 7.55. The second kappa shape index (κ2) is 2.99. The van der Waals surface area contributed by atoms with Gasteiger partial charge in [-0.1, -0.05) is 12.1 Å². The van der Waals surface area contributed by atoms with Crippen molar-refractivity contribution in [2.45, 2.75) is 0 Å². The maximum atomic E-state index is 11.9. The highest BCUT2D eigenvalue weighted by atomic mass is 16.5. The molecule has 0 aliphatic rings. The van der Waals surface area contributed by atoms with Gasteiger partial charge in [0, 0.05) is 6.07 Å². The minimum atomic E-state index is 0.0729. The second-order valence-electron chi connectivity index (χ2n) is 3.31. The van der Waals surface area contributed by atoms with Crippen molar-refractivity contribution < 1.29 is 9.46 Å². The smallest absolute Gasteiger partial charge is 0.404 e. The molecule has 0 bridgehead atoms. The standard InChI is InChI=1S/C10H6N4O2/c15-13-7-3-1-2-4-8(7)14(16)10-9(13)5-11-6-12-10/h1-6H. The summed E-state index contributed by atoms with van der Waals surface area (Å²) in [6, 6.07) is 6.57. The van der Waals surface area contributed by atoms with Crippen molar-refractivity contribution in [1.82, 2.24) is 9.97 Å². The first-order valence-corrected chi connectivity index (χ1v) is 4.62. The van der Waals surface area contributed by atoms with Crippen LogP contribution in [-0.2, 0) is 0 Å². The Hall–Kier alpha value is -2.50. The monoisotopic (exact) mass is 214 g/mol. The van der Waals surface area contributed by atoms with Gasteiger partial charge < -0.3 is 10.4 Å². The fourth-order valence-corrected chi connectivity index (χ4v) is 1.67. The Morgan fingerprint density at radius 1 is 0.938 bits per heavy atom. The van der Waals surface area contributed by atoms with Crippen LogP contribution in [-0.4, -0.2) is 9.97 Å². The fourth-order valence-electron chi connectivity index (χ4n) is 1.67. The van der Waals surface area contributed by atoms with E-state index >= 15 is 0 Å². The predicted octanol–water partition coefficient (Wildman–Crippen LogP) is 0.0498. The summed E-state index contributed by atoms with van der Waals surface area (Å²) >= 11 is 0. The van der Waals surface area contributed by atoms with Gasteiger partial charge in [-0.3, -0.25) is 0 Å². The van der Waals surface area contributed by atoms with E-state index < -0.39 is 0 Å². The highest BCUT2D eigenvalue weighted by Crippen LogP contribution is 2.08. The molecule has 78 valence electrons. The molecule has 3 aromatic rings. The molecule has 0 saturated carbocycles. The van der Waals surface area contributed by atoms with Crippen molar-refractivity contribution in [2.24, 2.45) is 0 Å². The number of fused-ring (bicyclic) bond motifs is 2. The molecule has 0 atom stereocenters. The van der Waals surface area contributed by atoms with E-state index in [1.165, 1.54) is 12.5 Å². The van der Waals surface area contributed by atoms with Crippen LogP contribution >= 0.6 is 0 Å². The quantitative estimate of drug-likeness (QED) is 0.301. The molecule has 3 rings (SSSR count). The van der Waals surface area contributed by atoms with Crippen LogP contribution in [0, 0.1) is 10.4 Å². The highest BCUT2D eigenvalue weighted by Gasteiger charge is 2.19. The molecule has 6 nitrogen and oxygen atoms in total. The van der Waals surface area contributed by atoms with Crippen LogP contribution in [0.5, 0.6) is 0 Å². The third kappa shape index (κ3) is 1.01. The van der Waals surface area contributed by atoms with E-state index in [4.69, 9.17) is 0 Å². The molecule has 0 fully saturated rings. The third-order valence-electron chi connectivity index (χ3n) is 2.40. The Morgan fingerprint density at radius 2 is 1.62 bits per heavy atom. The van der Waals surface area contributed by atoms with E-state index in [2.05, 4.69) is 9.97 Å². The fraction of sp³-hybridized carbons (Fsp3) is 0. The lowest BCUT2D eigenvalue weighted by Gasteiger charge is -2.08. The van der Waals surface area contributed by atoms with Crippen LogP contribution in [0.2, 0.25) is 0 Å². The first-order chi connectivity index (χ1) is 7.79. The summed E-state index contributed by atoms with van der Waals surface area (Å²) in [5, 5.41) is 23.8. The number of nitrogens with zero attached hydrogens (tertiary/aromatic N) is 4.